The topological polar surface area (TPSA) is 69.3 Å². The van der Waals surface area contributed by atoms with E-state index in [1.165, 1.54) is 12.0 Å². The minimum atomic E-state index is -0.346. The normalized spacial score (nSPS) is 30.1. The fourth-order valence-corrected chi connectivity index (χ4v) is 5.91. The Hall–Kier alpha value is -2.89. The predicted octanol–water partition coefficient (Wildman–Crippen LogP) is 2.46. The third-order valence-electron chi connectivity index (χ3n) is 7.43. The Morgan fingerprint density at radius 3 is 2.55 bits per heavy atom. The molecule has 4 heterocycles. The molecule has 148 valence electrons. The summed E-state index contributed by atoms with van der Waals surface area (Å²) in [6, 6.07) is 3.99. The van der Waals surface area contributed by atoms with Crippen molar-refractivity contribution in [1.29, 1.82) is 0 Å². The third kappa shape index (κ3) is 2.58. The molecule has 2 amide bonds. The number of aromatic amines is 1. The predicted molar refractivity (Wildman–Crippen MR) is 110 cm³/mol. The number of pyridine rings is 1. The van der Waals surface area contributed by atoms with E-state index in [9.17, 15) is 9.59 Å². The van der Waals surface area contributed by atoms with Crippen LogP contribution in [0.2, 0.25) is 0 Å². The zero-order valence-electron chi connectivity index (χ0n) is 16.3. The number of carbonyl (C=O) groups excluding carboxylic acids is 2. The Kier molecular flexibility index (Phi) is 3.70. The van der Waals surface area contributed by atoms with Crippen molar-refractivity contribution >= 4 is 28.4 Å². The van der Waals surface area contributed by atoms with Gasteiger partial charge in [0.2, 0.25) is 0 Å². The molecule has 2 aromatic heterocycles. The molecular weight excluding hydrogens is 364 g/mol. The number of amides is 2. The second-order valence-corrected chi connectivity index (χ2v) is 8.82. The maximum atomic E-state index is 12.9. The van der Waals surface area contributed by atoms with Crippen molar-refractivity contribution in [1.82, 2.24) is 19.8 Å². The number of carbonyl (C=O) groups is 2. The Labute approximate surface area is 169 Å². The van der Waals surface area contributed by atoms with Gasteiger partial charge in [-0.2, -0.15) is 0 Å². The standard InChI is InChI=1S/C23H24N4O2/c28-22(23(29)27-12-19-15-3-4-16(10-15)20(19)13-27)26-8-5-14(6-9-26)18-11-25-21-17(18)2-1-7-24-21/h1-5,7,11,15-16,19-20H,6,8-10,12-13H2,(H,24,25)/t15?,16?,19-,20+. The number of aromatic nitrogens is 2. The summed E-state index contributed by atoms with van der Waals surface area (Å²) in [4.78, 5) is 36.8. The van der Waals surface area contributed by atoms with E-state index in [-0.39, 0.29) is 11.8 Å². The highest BCUT2D eigenvalue weighted by atomic mass is 16.2. The molecule has 0 aromatic carbocycles. The van der Waals surface area contributed by atoms with Crippen LogP contribution in [-0.4, -0.2) is 57.8 Å². The Morgan fingerprint density at radius 1 is 1.07 bits per heavy atom. The highest BCUT2D eigenvalue weighted by molar-refractivity contribution is 6.35. The minimum absolute atomic E-state index is 0.313. The van der Waals surface area contributed by atoms with Crippen molar-refractivity contribution in [2.45, 2.75) is 12.8 Å². The van der Waals surface area contributed by atoms with Crippen molar-refractivity contribution in [3.63, 3.8) is 0 Å². The van der Waals surface area contributed by atoms with Crippen LogP contribution in [-0.2, 0) is 9.59 Å². The van der Waals surface area contributed by atoms with E-state index in [0.29, 0.717) is 36.8 Å². The fraction of sp³-hybridized carbons (Fsp3) is 0.435. The van der Waals surface area contributed by atoms with Crippen LogP contribution in [0.15, 0.2) is 42.8 Å². The summed E-state index contributed by atoms with van der Waals surface area (Å²) in [5.74, 6) is 1.69. The highest BCUT2D eigenvalue weighted by Crippen LogP contribution is 2.51. The van der Waals surface area contributed by atoms with Gasteiger partial charge in [0.15, 0.2) is 0 Å². The van der Waals surface area contributed by atoms with Gasteiger partial charge in [-0.3, -0.25) is 9.59 Å². The van der Waals surface area contributed by atoms with Gasteiger partial charge in [-0.25, -0.2) is 4.98 Å². The molecular formula is C23H24N4O2. The maximum absolute atomic E-state index is 12.9. The summed E-state index contributed by atoms with van der Waals surface area (Å²) in [7, 11) is 0. The number of hydrogen-bond donors (Lipinski definition) is 1. The van der Waals surface area contributed by atoms with Crippen molar-refractivity contribution in [2.75, 3.05) is 26.2 Å². The molecule has 6 rings (SSSR count). The van der Waals surface area contributed by atoms with Crippen LogP contribution in [0, 0.1) is 23.7 Å². The van der Waals surface area contributed by atoms with Crippen LogP contribution in [0.5, 0.6) is 0 Å². The molecule has 0 radical (unpaired) electrons. The third-order valence-corrected chi connectivity index (χ3v) is 7.43. The first kappa shape index (κ1) is 17.0. The molecule has 4 aliphatic rings. The molecule has 4 atom stereocenters. The van der Waals surface area contributed by atoms with E-state index in [1.54, 1.807) is 11.1 Å². The lowest BCUT2D eigenvalue weighted by molar-refractivity contribution is -0.151. The number of fused-ring (bicyclic) bond motifs is 6. The van der Waals surface area contributed by atoms with Crippen molar-refractivity contribution < 1.29 is 9.59 Å². The first-order valence-electron chi connectivity index (χ1n) is 10.6. The number of rotatable bonds is 1. The van der Waals surface area contributed by atoms with Gasteiger partial charge in [-0.15, -0.1) is 0 Å². The molecule has 6 heteroatoms. The van der Waals surface area contributed by atoms with Gasteiger partial charge in [-0.1, -0.05) is 18.2 Å². The SMILES string of the molecule is O=C(C(=O)N1C[C@@H]2C3C=CC(C3)[C@@H]2C1)N1CC=C(c2c[nH]c3ncccc23)CC1. The average Bonchev–Trinajstić information content (AvgIpc) is 3.54. The van der Waals surface area contributed by atoms with Crippen LogP contribution in [0.25, 0.3) is 16.6 Å². The van der Waals surface area contributed by atoms with Crippen LogP contribution in [0.1, 0.15) is 18.4 Å². The van der Waals surface area contributed by atoms with E-state index in [2.05, 4.69) is 34.3 Å². The van der Waals surface area contributed by atoms with Crippen LogP contribution < -0.4 is 0 Å². The summed E-state index contributed by atoms with van der Waals surface area (Å²) in [5.41, 5.74) is 3.22. The van der Waals surface area contributed by atoms with Gasteiger partial charge in [0, 0.05) is 49.5 Å². The van der Waals surface area contributed by atoms with Crippen LogP contribution in [0.4, 0.5) is 0 Å². The smallest absolute Gasteiger partial charge is 0.312 e. The number of nitrogens with zero attached hydrogens (tertiary/aromatic N) is 3. The molecule has 1 N–H and O–H groups in total. The summed E-state index contributed by atoms with van der Waals surface area (Å²) >= 11 is 0. The van der Waals surface area contributed by atoms with Crippen LogP contribution >= 0.6 is 0 Å². The molecule has 1 saturated heterocycles. The second kappa shape index (κ2) is 6.31. The molecule has 0 spiro atoms. The summed E-state index contributed by atoms with van der Waals surface area (Å²) < 4.78 is 0. The van der Waals surface area contributed by atoms with E-state index < -0.39 is 0 Å². The van der Waals surface area contributed by atoms with Crippen LogP contribution in [0.3, 0.4) is 0 Å². The minimum Gasteiger partial charge on any atom is -0.346 e. The van der Waals surface area contributed by atoms with Crippen molar-refractivity contribution in [2.24, 2.45) is 23.7 Å². The van der Waals surface area contributed by atoms with E-state index >= 15 is 0 Å². The van der Waals surface area contributed by atoms with Gasteiger partial charge in [0.1, 0.15) is 5.65 Å². The van der Waals surface area contributed by atoms with Gasteiger partial charge < -0.3 is 14.8 Å². The number of H-pyrrole nitrogens is 1. The Morgan fingerprint density at radius 2 is 1.83 bits per heavy atom. The zero-order chi connectivity index (χ0) is 19.5. The number of nitrogens with one attached hydrogen (secondary N) is 1. The van der Waals surface area contributed by atoms with Gasteiger partial charge in [-0.05, 0) is 54.2 Å². The van der Waals surface area contributed by atoms with Gasteiger partial charge >= 0.3 is 11.8 Å². The van der Waals surface area contributed by atoms with Gasteiger partial charge in [0.25, 0.3) is 0 Å². The average molecular weight is 388 g/mol. The zero-order valence-corrected chi connectivity index (χ0v) is 16.3. The summed E-state index contributed by atoms with van der Waals surface area (Å²) in [5, 5.41) is 1.10. The van der Waals surface area contributed by atoms with Crippen molar-refractivity contribution in [3.8, 4) is 0 Å². The molecule has 2 unspecified atom stereocenters. The van der Waals surface area contributed by atoms with E-state index in [1.807, 2.05) is 17.2 Å². The Bertz CT molecular complexity index is 1050. The monoisotopic (exact) mass is 388 g/mol. The fourth-order valence-electron chi connectivity index (χ4n) is 5.91. The van der Waals surface area contributed by atoms with E-state index in [0.717, 1.165) is 36.1 Å². The molecule has 2 aliphatic carbocycles. The molecule has 2 aliphatic heterocycles. The number of allylic oxidation sites excluding steroid dienone is 2. The van der Waals surface area contributed by atoms with Gasteiger partial charge in [0.05, 0.1) is 0 Å². The number of hydrogen-bond acceptors (Lipinski definition) is 3. The van der Waals surface area contributed by atoms with E-state index in [4.69, 9.17) is 0 Å². The molecule has 2 aromatic rings. The summed E-state index contributed by atoms with van der Waals surface area (Å²) in [6.45, 7) is 2.56. The lowest BCUT2D eigenvalue weighted by Gasteiger charge is -2.28. The molecule has 2 fully saturated rings. The quantitative estimate of drug-likeness (QED) is 0.603. The van der Waals surface area contributed by atoms with Crippen molar-refractivity contribution in [3.05, 3.63) is 48.3 Å². The lowest BCUT2D eigenvalue weighted by atomic mass is 9.86. The largest absolute Gasteiger partial charge is 0.346 e. The summed E-state index contributed by atoms with van der Waals surface area (Å²) in [6.07, 6.45) is 12.5. The molecule has 29 heavy (non-hydrogen) atoms. The Balaban J connectivity index is 1.14. The first-order valence-corrected chi connectivity index (χ1v) is 10.6. The number of likely N-dealkylation sites (tertiary alicyclic amines) is 1. The highest BCUT2D eigenvalue weighted by Gasteiger charge is 2.50. The molecule has 1 saturated carbocycles. The molecule has 2 bridgehead atoms. The second-order valence-electron chi connectivity index (χ2n) is 8.82. The first-order chi connectivity index (χ1) is 14.2. The lowest BCUT2D eigenvalue weighted by Crippen LogP contribution is -2.46. The maximum Gasteiger partial charge on any atom is 0.312 e. The molecule has 6 nitrogen and oxygen atoms in total.